The van der Waals surface area contributed by atoms with E-state index in [-0.39, 0.29) is 13.2 Å². The van der Waals surface area contributed by atoms with E-state index in [1.165, 1.54) is 24.0 Å². The number of aliphatic hydroxyl groups is 3. The summed E-state index contributed by atoms with van der Waals surface area (Å²) in [6, 6.07) is 6.26. The zero-order chi connectivity index (χ0) is 14.4. The number of rotatable bonds is 7. The van der Waals surface area contributed by atoms with Crippen molar-refractivity contribution in [1.29, 1.82) is 0 Å². The summed E-state index contributed by atoms with van der Waals surface area (Å²) in [4.78, 5) is 1.88. The van der Waals surface area contributed by atoms with Gasteiger partial charge in [0.1, 0.15) is 0 Å². The highest BCUT2D eigenvalue weighted by atomic mass is 16.3. The Morgan fingerprint density at radius 3 is 2.30 bits per heavy atom. The summed E-state index contributed by atoms with van der Waals surface area (Å²) in [7, 11) is 0. The molecular formula is C16H25NO3. The molecule has 0 heterocycles. The fourth-order valence-electron chi connectivity index (χ4n) is 2.89. The van der Waals surface area contributed by atoms with Crippen LogP contribution in [0.2, 0.25) is 0 Å². The van der Waals surface area contributed by atoms with Crippen LogP contribution in [0.5, 0.6) is 0 Å². The molecule has 1 aromatic rings. The molecule has 4 heteroatoms. The molecule has 0 saturated carbocycles. The molecule has 1 aliphatic rings. The molecule has 4 nitrogen and oxygen atoms in total. The Hall–Kier alpha value is -0.940. The third kappa shape index (κ3) is 4.03. The minimum atomic E-state index is -0.569. The molecule has 0 aromatic heterocycles. The Kier molecular flexibility index (Phi) is 5.98. The Bertz CT molecular complexity index is 416. The lowest BCUT2D eigenvalue weighted by Gasteiger charge is -2.24. The molecule has 0 saturated heterocycles. The lowest BCUT2D eigenvalue weighted by molar-refractivity contribution is 0.0874. The van der Waals surface area contributed by atoms with Gasteiger partial charge in [-0.15, -0.1) is 0 Å². The second kappa shape index (κ2) is 7.74. The molecule has 1 aliphatic carbocycles. The quantitative estimate of drug-likeness (QED) is 0.693. The molecule has 0 fully saturated rings. The molecule has 0 amide bonds. The molecule has 20 heavy (non-hydrogen) atoms. The first-order valence-corrected chi connectivity index (χ1v) is 7.48. The Balaban J connectivity index is 2.02. The molecular weight excluding hydrogens is 254 g/mol. The largest absolute Gasteiger partial charge is 0.395 e. The number of aliphatic hydroxyl groups excluding tert-OH is 3. The standard InChI is InChI=1S/C16H25NO3/c18-9-7-17(8-10-19)12-16(20)15-6-5-13-3-1-2-4-14(13)11-15/h5-6,11,16,18-20H,1-4,7-10,12H2. The lowest BCUT2D eigenvalue weighted by atomic mass is 9.89. The van der Waals surface area contributed by atoms with Crippen LogP contribution in [0.4, 0.5) is 0 Å². The molecule has 2 rings (SSSR count). The summed E-state index contributed by atoms with van der Waals surface area (Å²) < 4.78 is 0. The molecule has 0 bridgehead atoms. The zero-order valence-corrected chi connectivity index (χ0v) is 12.0. The molecule has 0 aliphatic heterocycles. The van der Waals surface area contributed by atoms with Crippen LogP contribution in [0.25, 0.3) is 0 Å². The highest BCUT2D eigenvalue weighted by molar-refractivity contribution is 5.34. The minimum Gasteiger partial charge on any atom is -0.395 e. The first kappa shape index (κ1) is 15.4. The maximum Gasteiger partial charge on any atom is 0.0917 e. The SMILES string of the molecule is OCCN(CCO)CC(O)c1ccc2c(c1)CCCC2. The second-order valence-electron chi connectivity index (χ2n) is 5.50. The first-order chi connectivity index (χ1) is 9.74. The third-order valence-corrected chi connectivity index (χ3v) is 4.02. The van der Waals surface area contributed by atoms with Crippen molar-refractivity contribution < 1.29 is 15.3 Å². The van der Waals surface area contributed by atoms with E-state index in [0.717, 1.165) is 18.4 Å². The van der Waals surface area contributed by atoms with Gasteiger partial charge in [-0.2, -0.15) is 0 Å². The highest BCUT2D eigenvalue weighted by Crippen LogP contribution is 2.25. The number of benzene rings is 1. The molecule has 3 N–H and O–H groups in total. The molecule has 0 radical (unpaired) electrons. The predicted octanol–water partition coefficient (Wildman–Crippen LogP) is 0.885. The van der Waals surface area contributed by atoms with Gasteiger partial charge in [0.15, 0.2) is 0 Å². The van der Waals surface area contributed by atoms with Crippen molar-refractivity contribution >= 4 is 0 Å². The molecule has 112 valence electrons. The van der Waals surface area contributed by atoms with Crippen molar-refractivity contribution in [2.45, 2.75) is 31.8 Å². The predicted molar refractivity (Wildman–Crippen MR) is 78.7 cm³/mol. The molecule has 0 spiro atoms. The van der Waals surface area contributed by atoms with Gasteiger partial charge in [-0.25, -0.2) is 0 Å². The normalized spacial score (nSPS) is 16.2. The monoisotopic (exact) mass is 279 g/mol. The second-order valence-corrected chi connectivity index (χ2v) is 5.50. The zero-order valence-electron chi connectivity index (χ0n) is 12.0. The van der Waals surface area contributed by atoms with E-state index in [0.29, 0.717) is 19.6 Å². The lowest BCUT2D eigenvalue weighted by Crippen LogP contribution is -2.33. The van der Waals surface area contributed by atoms with E-state index in [1.54, 1.807) is 0 Å². The summed E-state index contributed by atoms with van der Waals surface area (Å²) in [6.45, 7) is 1.47. The number of fused-ring (bicyclic) bond motifs is 1. The summed E-state index contributed by atoms with van der Waals surface area (Å²) in [6.07, 6.45) is 4.17. The van der Waals surface area contributed by atoms with Crippen LogP contribution in [0.3, 0.4) is 0 Å². The summed E-state index contributed by atoms with van der Waals surface area (Å²) in [5.41, 5.74) is 3.71. The van der Waals surface area contributed by atoms with Crippen LogP contribution in [0.1, 0.15) is 35.6 Å². The number of hydrogen-bond donors (Lipinski definition) is 3. The smallest absolute Gasteiger partial charge is 0.0917 e. The average Bonchev–Trinajstić information content (AvgIpc) is 2.47. The summed E-state index contributed by atoms with van der Waals surface area (Å²) in [5.74, 6) is 0. The van der Waals surface area contributed by atoms with Crippen LogP contribution >= 0.6 is 0 Å². The maximum atomic E-state index is 10.3. The number of nitrogens with zero attached hydrogens (tertiary/aromatic N) is 1. The molecule has 1 unspecified atom stereocenters. The summed E-state index contributed by atoms with van der Waals surface area (Å²) >= 11 is 0. The highest BCUT2D eigenvalue weighted by Gasteiger charge is 2.16. The van der Waals surface area contributed by atoms with Crippen molar-refractivity contribution in [2.24, 2.45) is 0 Å². The van der Waals surface area contributed by atoms with Crippen LogP contribution in [-0.2, 0) is 12.8 Å². The van der Waals surface area contributed by atoms with Crippen LogP contribution < -0.4 is 0 Å². The van der Waals surface area contributed by atoms with Crippen molar-refractivity contribution in [3.63, 3.8) is 0 Å². The Morgan fingerprint density at radius 2 is 1.65 bits per heavy atom. The van der Waals surface area contributed by atoms with Gasteiger partial charge in [0, 0.05) is 19.6 Å². The fourth-order valence-corrected chi connectivity index (χ4v) is 2.89. The van der Waals surface area contributed by atoms with Crippen LogP contribution in [-0.4, -0.2) is 53.1 Å². The van der Waals surface area contributed by atoms with Crippen molar-refractivity contribution in [1.82, 2.24) is 4.90 Å². The van der Waals surface area contributed by atoms with Gasteiger partial charge in [0.2, 0.25) is 0 Å². The van der Waals surface area contributed by atoms with Gasteiger partial charge in [0.25, 0.3) is 0 Å². The van der Waals surface area contributed by atoms with Gasteiger partial charge in [0.05, 0.1) is 19.3 Å². The van der Waals surface area contributed by atoms with Gasteiger partial charge in [-0.3, -0.25) is 4.90 Å². The van der Waals surface area contributed by atoms with Gasteiger partial charge >= 0.3 is 0 Å². The van der Waals surface area contributed by atoms with Gasteiger partial charge in [-0.05, 0) is 42.4 Å². The maximum absolute atomic E-state index is 10.3. The van der Waals surface area contributed by atoms with Gasteiger partial charge < -0.3 is 15.3 Å². The number of aryl methyl sites for hydroxylation is 2. The van der Waals surface area contributed by atoms with E-state index in [2.05, 4.69) is 12.1 Å². The third-order valence-electron chi connectivity index (χ3n) is 4.02. The Labute approximate surface area is 120 Å². The average molecular weight is 279 g/mol. The van der Waals surface area contributed by atoms with E-state index < -0.39 is 6.10 Å². The first-order valence-electron chi connectivity index (χ1n) is 7.48. The topological polar surface area (TPSA) is 63.9 Å². The van der Waals surface area contributed by atoms with E-state index in [9.17, 15) is 5.11 Å². The fraction of sp³-hybridized carbons (Fsp3) is 0.625. The number of hydrogen-bond acceptors (Lipinski definition) is 4. The Morgan fingerprint density at radius 1 is 1.00 bits per heavy atom. The minimum absolute atomic E-state index is 0.0386. The van der Waals surface area contributed by atoms with E-state index in [4.69, 9.17) is 10.2 Å². The van der Waals surface area contributed by atoms with E-state index in [1.807, 2.05) is 11.0 Å². The van der Waals surface area contributed by atoms with Crippen molar-refractivity contribution in [3.8, 4) is 0 Å². The van der Waals surface area contributed by atoms with Crippen molar-refractivity contribution in [3.05, 3.63) is 34.9 Å². The van der Waals surface area contributed by atoms with E-state index >= 15 is 0 Å². The summed E-state index contributed by atoms with van der Waals surface area (Å²) in [5, 5.41) is 28.3. The molecule has 1 atom stereocenters. The van der Waals surface area contributed by atoms with Crippen LogP contribution in [0, 0.1) is 0 Å². The van der Waals surface area contributed by atoms with Crippen LogP contribution in [0.15, 0.2) is 18.2 Å². The van der Waals surface area contributed by atoms with Crippen molar-refractivity contribution in [2.75, 3.05) is 32.8 Å². The molecule has 1 aromatic carbocycles. The van der Waals surface area contributed by atoms with Gasteiger partial charge in [-0.1, -0.05) is 18.2 Å².